The molecule has 0 aliphatic heterocycles. The number of ether oxygens (including phenoxy) is 2. The topological polar surface area (TPSA) is 18.5 Å². The second-order valence-electron chi connectivity index (χ2n) is 4.70. The van der Waals surface area contributed by atoms with Gasteiger partial charge in [-0.1, -0.05) is 23.8 Å². The van der Waals surface area contributed by atoms with E-state index in [4.69, 9.17) is 9.47 Å². The highest BCUT2D eigenvalue weighted by Gasteiger charge is 2.21. The standard InChI is InChI=1S/C16H16O2/c1-10-4-5-11-7-12-8-15(17-2)16(18-3)9-14(12)13(11)6-10/h4-6,8-9H,7H2,1-3H3. The molecule has 2 nitrogen and oxygen atoms in total. The van der Waals surface area contributed by atoms with Crippen LogP contribution in [0, 0.1) is 6.92 Å². The van der Waals surface area contributed by atoms with Gasteiger partial charge in [0.15, 0.2) is 11.5 Å². The van der Waals surface area contributed by atoms with Gasteiger partial charge in [0.05, 0.1) is 14.2 Å². The first kappa shape index (κ1) is 11.1. The summed E-state index contributed by atoms with van der Waals surface area (Å²) in [6.07, 6.45) is 0.977. The number of fused-ring (bicyclic) bond motifs is 3. The smallest absolute Gasteiger partial charge is 0.161 e. The van der Waals surface area contributed by atoms with Crippen LogP contribution in [0.2, 0.25) is 0 Å². The molecule has 92 valence electrons. The summed E-state index contributed by atoms with van der Waals surface area (Å²) in [5.74, 6) is 1.60. The lowest BCUT2D eigenvalue weighted by molar-refractivity contribution is 0.355. The predicted octanol–water partition coefficient (Wildman–Crippen LogP) is 3.58. The largest absolute Gasteiger partial charge is 0.493 e. The third-order valence-corrected chi connectivity index (χ3v) is 3.55. The highest BCUT2D eigenvalue weighted by molar-refractivity contribution is 5.79. The van der Waals surface area contributed by atoms with Crippen molar-refractivity contribution < 1.29 is 9.47 Å². The molecule has 2 heteroatoms. The number of rotatable bonds is 2. The van der Waals surface area contributed by atoms with Gasteiger partial charge in [-0.15, -0.1) is 0 Å². The Balaban J connectivity index is 2.20. The van der Waals surface area contributed by atoms with Crippen LogP contribution < -0.4 is 9.47 Å². The van der Waals surface area contributed by atoms with E-state index in [-0.39, 0.29) is 0 Å². The van der Waals surface area contributed by atoms with Gasteiger partial charge in [0, 0.05) is 0 Å². The van der Waals surface area contributed by atoms with Crippen molar-refractivity contribution in [2.24, 2.45) is 0 Å². The molecule has 1 aliphatic rings. The average molecular weight is 240 g/mol. The second-order valence-corrected chi connectivity index (χ2v) is 4.70. The van der Waals surface area contributed by atoms with Crippen LogP contribution in [0.1, 0.15) is 16.7 Å². The van der Waals surface area contributed by atoms with E-state index in [1.165, 1.54) is 27.8 Å². The van der Waals surface area contributed by atoms with Crippen LogP contribution in [0.5, 0.6) is 11.5 Å². The maximum absolute atomic E-state index is 5.38. The molecular weight excluding hydrogens is 224 g/mol. The quantitative estimate of drug-likeness (QED) is 0.681. The summed E-state index contributed by atoms with van der Waals surface area (Å²) in [6.45, 7) is 2.12. The lowest BCUT2D eigenvalue weighted by Crippen LogP contribution is -1.92. The minimum Gasteiger partial charge on any atom is -0.493 e. The van der Waals surface area contributed by atoms with E-state index >= 15 is 0 Å². The summed E-state index contributed by atoms with van der Waals surface area (Å²) >= 11 is 0. The molecule has 0 amide bonds. The van der Waals surface area contributed by atoms with Crippen molar-refractivity contribution in [1.82, 2.24) is 0 Å². The monoisotopic (exact) mass is 240 g/mol. The Labute approximate surface area is 107 Å². The van der Waals surface area contributed by atoms with E-state index in [1.807, 2.05) is 0 Å². The van der Waals surface area contributed by atoms with E-state index in [9.17, 15) is 0 Å². The van der Waals surface area contributed by atoms with Crippen molar-refractivity contribution in [3.63, 3.8) is 0 Å². The fourth-order valence-electron chi connectivity index (χ4n) is 2.62. The summed E-state index contributed by atoms with van der Waals surface area (Å²) in [5, 5.41) is 0. The van der Waals surface area contributed by atoms with Gasteiger partial charge in [-0.2, -0.15) is 0 Å². The molecule has 0 unspecified atom stereocenters. The van der Waals surface area contributed by atoms with Crippen LogP contribution in [0.4, 0.5) is 0 Å². The van der Waals surface area contributed by atoms with E-state index in [1.54, 1.807) is 14.2 Å². The number of benzene rings is 2. The van der Waals surface area contributed by atoms with Gasteiger partial charge < -0.3 is 9.47 Å². The summed E-state index contributed by atoms with van der Waals surface area (Å²) in [5.41, 5.74) is 6.58. The molecule has 0 aromatic heterocycles. The zero-order chi connectivity index (χ0) is 12.7. The number of hydrogen-bond donors (Lipinski definition) is 0. The van der Waals surface area contributed by atoms with Gasteiger partial charge in [0.25, 0.3) is 0 Å². The lowest BCUT2D eigenvalue weighted by Gasteiger charge is -2.10. The fourth-order valence-corrected chi connectivity index (χ4v) is 2.62. The molecule has 2 aromatic carbocycles. The summed E-state index contributed by atoms with van der Waals surface area (Å²) < 4.78 is 10.7. The minimum atomic E-state index is 0.797. The van der Waals surface area contributed by atoms with Crippen molar-refractivity contribution in [3.05, 3.63) is 47.0 Å². The van der Waals surface area contributed by atoms with E-state index < -0.39 is 0 Å². The van der Waals surface area contributed by atoms with E-state index in [0.29, 0.717) is 0 Å². The highest BCUT2D eigenvalue weighted by atomic mass is 16.5. The number of hydrogen-bond acceptors (Lipinski definition) is 2. The Morgan fingerprint density at radius 1 is 0.833 bits per heavy atom. The van der Waals surface area contributed by atoms with Crippen molar-refractivity contribution in [3.8, 4) is 22.6 Å². The maximum atomic E-state index is 5.38. The van der Waals surface area contributed by atoms with Gasteiger partial charge in [-0.25, -0.2) is 0 Å². The zero-order valence-corrected chi connectivity index (χ0v) is 10.9. The van der Waals surface area contributed by atoms with E-state index in [2.05, 4.69) is 37.3 Å². The molecule has 18 heavy (non-hydrogen) atoms. The Bertz CT molecular complexity index is 615. The van der Waals surface area contributed by atoms with Gasteiger partial charge in [-0.05, 0) is 47.7 Å². The molecule has 0 N–H and O–H groups in total. The molecule has 3 rings (SSSR count). The number of methoxy groups -OCH3 is 2. The van der Waals surface area contributed by atoms with Gasteiger partial charge in [-0.3, -0.25) is 0 Å². The molecule has 0 radical (unpaired) electrons. The SMILES string of the molecule is COc1cc2c(cc1OC)-c1cc(C)ccc1C2. The van der Waals surface area contributed by atoms with Crippen LogP contribution >= 0.6 is 0 Å². The van der Waals surface area contributed by atoms with E-state index in [0.717, 1.165) is 17.9 Å². The van der Waals surface area contributed by atoms with Crippen molar-refractivity contribution >= 4 is 0 Å². The predicted molar refractivity (Wildman–Crippen MR) is 72.5 cm³/mol. The Kier molecular flexibility index (Phi) is 2.51. The Hall–Kier alpha value is -1.96. The van der Waals surface area contributed by atoms with Gasteiger partial charge in [0.1, 0.15) is 0 Å². The molecule has 0 heterocycles. The molecular formula is C16H16O2. The third-order valence-electron chi connectivity index (χ3n) is 3.55. The summed E-state index contributed by atoms with van der Waals surface area (Å²) in [7, 11) is 3.35. The Morgan fingerprint density at radius 2 is 1.50 bits per heavy atom. The van der Waals surface area contributed by atoms with Crippen molar-refractivity contribution in [2.45, 2.75) is 13.3 Å². The molecule has 0 atom stereocenters. The molecule has 0 saturated carbocycles. The Morgan fingerprint density at radius 3 is 2.22 bits per heavy atom. The molecule has 2 aromatic rings. The summed E-state index contributed by atoms with van der Waals surface area (Å²) in [4.78, 5) is 0. The van der Waals surface area contributed by atoms with Crippen LogP contribution in [-0.2, 0) is 6.42 Å². The first-order valence-electron chi connectivity index (χ1n) is 6.07. The van der Waals surface area contributed by atoms with Crippen molar-refractivity contribution in [2.75, 3.05) is 14.2 Å². The lowest BCUT2D eigenvalue weighted by atomic mass is 10.0. The average Bonchev–Trinajstić information content (AvgIpc) is 2.74. The molecule has 0 bridgehead atoms. The molecule has 1 aliphatic carbocycles. The van der Waals surface area contributed by atoms with Crippen molar-refractivity contribution in [1.29, 1.82) is 0 Å². The minimum absolute atomic E-state index is 0.797. The normalized spacial score (nSPS) is 11.9. The van der Waals surface area contributed by atoms with Gasteiger partial charge in [0.2, 0.25) is 0 Å². The van der Waals surface area contributed by atoms with Crippen LogP contribution in [0.15, 0.2) is 30.3 Å². The zero-order valence-electron chi connectivity index (χ0n) is 10.9. The van der Waals surface area contributed by atoms with Gasteiger partial charge >= 0.3 is 0 Å². The first-order valence-corrected chi connectivity index (χ1v) is 6.07. The van der Waals surface area contributed by atoms with Crippen LogP contribution in [-0.4, -0.2) is 14.2 Å². The molecule has 0 fully saturated rings. The molecule has 0 saturated heterocycles. The molecule has 0 spiro atoms. The first-order chi connectivity index (χ1) is 8.72. The summed E-state index contributed by atoms with van der Waals surface area (Å²) in [6, 6.07) is 10.8. The number of aryl methyl sites for hydroxylation is 1. The third kappa shape index (κ3) is 1.57. The second kappa shape index (κ2) is 4.05. The maximum Gasteiger partial charge on any atom is 0.161 e. The van der Waals surface area contributed by atoms with Crippen LogP contribution in [0.25, 0.3) is 11.1 Å². The highest BCUT2D eigenvalue weighted by Crippen LogP contribution is 2.42. The fraction of sp³-hybridized carbons (Fsp3) is 0.250. The van der Waals surface area contributed by atoms with Crippen LogP contribution in [0.3, 0.4) is 0 Å².